The van der Waals surface area contributed by atoms with Gasteiger partial charge >= 0.3 is 0 Å². The molecule has 0 saturated carbocycles. The first-order valence-electron chi connectivity index (χ1n) is 7.49. The summed E-state index contributed by atoms with van der Waals surface area (Å²) in [6, 6.07) is 16.0. The first-order chi connectivity index (χ1) is 11.6. The molecule has 24 heavy (non-hydrogen) atoms. The molecule has 1 heterocycles. The van der Waals surface area contributed by atoms with E-state index < -0.39 is 0 Å². The Morgan fingerprint density at radius 3 is 2.46 bits per heavy atom. The molecule has 1 amide bonds. The van der Waals surface area contributed by atoms with E-state index in [9.17, 15) is 4.79 Å². The Labute approximate surface area is 150 Å². The van der Waals surface area contributed by atoms with Crippen LogP contribution in [0.3, 0.4) is 0 Å². The zero-order valence-corrected chi connectivity index (χ0v) is 15.1. The van der Waals surface area contributed by atoms with Crippen molar-refractivity contribution in [2.24, 2.45) is 4.99 Å². The lowest BCUT2D eigenvalue weighted by Gasteiger charge is -2.07. The van der Waals surface area contributed by atoms with E-state index in [1.54, 1.807) is 0 Å². The molecule has 2 aromatic rings. The number of carbonyl (C=O) groups excluding carboxylic acids is 1. The molecule has 3 rings (SSSR count). The molecule has 5 heteroatoms. The van der Waals surface area contributed by atoms with Crippen molar-refractivity contribution in [2.75, 3.05) is 6.26 Å². The number of amides is 1. The highest BCUT2D eigenvalue weighted by Gasteiger charge is 2.20. The van der Waals surface area contributed by atoms with E-state index in [0.29, 0.717) is 11.5 Å². The molecule has 1 aliphatic rings. The Hall–Kier alpha value is -1.98. The summed E-state index contributed by atoms with van der Waals surface area (Å²) in [5.74, 6) is 0.706. The van der Waals surface area contributed by atoms with E-state index in [4.69, 9.17) is 4.74 Å². The van der Waals surface area contributed by atoms with Gasteiger partial charge in [-0.25, -0.2) is 0 Å². The van der Waals surface area contributed by atoms with Gasteiger partial charge in [0.2, 0.25) is 0 Å². The molecule has 0 saturated heterocycles. The van der Waals surface area contributed by atoms with Crippen molar-refractivity contribution in [3.05, 3.63) is 70.1 Å². The van der Waals surface area contributed by atoms with Crippen molar-refractivity contribution in [1.29, 1.82) is 0 Å². The number of rotatable bonds is 4. The first kappa shape index (κ1) is 16.9. The molecule has 0 fully saturated rings. The summed E-state index contributed by atoms with van der Waals surface area (Å²) < 4.78 is 6.57. The molecule has 2 aromatic carbocycles. The van der Waals surface area contributed by atoms with Gasteiger partial charge in [0, 0.05) is 0 Å². The Bertz CT molecular complexity index is 793. The zero-order valence-electron chi connectivity index (χ0n) is 13.5. The lowest BCUT2D eigenvalue weighted by Crippen LogP contribution is -1.95. The number of thioether (sulfide) groups is 2. The van der Waals surface area contributed by atoms with Crippen LogP contribution in [0.2, 0.25) is 0 Å². The Kier molecular flexibility index (Phi) is 5.43. The maximum atomic E-state index is 11.8. The van der Waals surface area contributed by atoms with Crippen LogP contribution >= 0.6 is 23.5 Å². The van der Waals surface area contributed by atoms with Gasteiger partial charge in [0.25, 0.3) is 5.91 Å². The van der Waals surface area contributed by atoms with E-state index in [1.165, 1.54) is 29.1 Å². The lowest BCUT2D eigenvalue weighted by atomic mass is 10.1. The molecular weight excluding hydrogens is 338 g/mol. The smallest absolute Gasteiger partial charge is 0.285 e. The molecule has 1 aliphatic heterocycles. The normalized spacial score (nSPS) is 15.7. The van der Waals surface area contributed by atoms with E-state index in [0.717, 1.165) is 21.3 Å². The quantitative estimate of drug-likeness (QED) is 0.731. The molecule has 0 atom stereocenters. The summed E-state index contributed by atoms with van der Waals surface area (Å²) in [6.45, 7) is 2.57. The molecule has 0 aliphatic carbocycles. The van der Waals surface area contributed by atoms with Crippen molar-refractivity contribution in [3.63, 3.8) is 0 Å². The fourth-order valence-electron chi connectivity index (χ4n) is 2.14. The van der Waals surface area contributed by atoms with E-state index in [1.807, 2.05) is 60.9 Å². The van der Waals surface area contributed by atoms with Crippen LogP contribution in [-0.4, -0.2) is 16.5 Å². The first-order valence-corrected chi connectivity index (χ1v) is 9.53. The van der Waals surface area contributed by atoms with Crippen LogP contribution in [0, 0.1) is 6.92 Å². The minimum atomic E-state index is -0.156. The van der Waals surface area contributed by atoms with Gasteiger partial charge < -0.3 is 4.74 Å². The van der Waals surface area contributed by atoms with Crippen LogP contribution in [0.1, 0.15) is 16.7 Å². The second-order valence-electron chi connectivity index (χ2n) is 5.34. The lowest BCUT2D eigenvalue weighted by molar-refractivity contribution is -0.113. The van der Waals surface area contributed by atoms with Crippen LogP contribution in [-0.2, 0) is 11.4 Å². The van der Waals surface area contributed by atoms with Crippen molar-refractivity contribution >= 4 is 39.9 Å². The van der Waals surface area contributed by atoms with Gasteiger partial charge in [-0.3, -0.25) is 4.79 Å². The average Bonchev–Trinajstić information content (AvgIpc) is 2.96. The Morgan fingerprint density at radius 1 is 1.12 bits per heavy atom. The Morgan fingerprint density at radius 2 is 1.83 bits per heavy atom. The topological polar surface area (TPSA) is 38.7 Å². The van der Waals surface area contributed by atoms with Gasteiger partial charge in [-0.1, -0.05) is 53.7 Å². The molecule has 0 radical (unpaired) electrons. The van der Waals surface area contributed by atoms with E-state index in [2.05, 4.69) is 11.9 Å². The third-order valence-corrected chi connectivity index (χ3v) is 5.45. The summed E-state index contributed by atoms with van der Waals surface area (Å²) in [4.78, 5) is 16.4. The molecule has 3 nitrogen and oxygen atoms in total. The molecule has 0 N–H and O–H groups in total. The predicted molar refractivity (Wildman–Crippen MR) is 103 cm³/mol. The maximum absolute atomic E-state index is 11.8. The molecule has 0 aromatic heterocycles. The molecule has 0 bridgehead atoms. The monoisotopic (exact) mass is 355 g/mol. The number of aliphatic imine (C=N–C) groups is 1. The number of aryl methyl sites for hydroxylation is 1. The van der Waals surface area contributed by atoms with Crippen molar-refractivity contribution < 1.29 is 9.53 Å². The summed E-state index contributed by atoms with van der Waals surface area (Å²) >= 11 is 2.92. The highest BCUT2D eigenvalue weighted by Crippen LogP contribution is 2.32. The molecule has 0 unspecified atom stereocenters. The number of carbonyl (C=O) groups is 1. The Balaban J connectivity index is 1.61. The minimum Gasteiger partial charge on any atom is -0.489 e. The number of benzene rings is 2. The summed E-state index contributed by atoms with van der Waals surface area (Å²) in [6.07, 6.45) is 3.80. The number of ether oxygens (including phenoxy) is 1. The van der Waals surface area contributed by atoms with E-state index in [-0.39, 0.29) is 5.91 Å². The van der Waals surface area contributed by atoms with Crippen LogP contribution in [0.25, 0.3) is 6.08 Å². The second-order valence-corrected chi connectivity index (χ2v) is 7.42. The van der Waals surface area contributed by atoms with Gasteiger partial charge in [0.1, 0.15) is 16.7 Å². The minimum absolute atomic E-state index is 0.156. The summed E-state index contributed by atoms with van der Waals surface area (Å²) in [5, 5.41) is 0. The molecule has 122 valence electrons. The van der Waals surface area contributed by atoms with Gasteiger partial charge in [0.15, 0.2) is 0 Å². The fraction of sp³-hybridized carbons (Fsp3) is 0.158. The van der Waals surface area contributed by atoms with Gasteiger partial charge in [-0.15, -0.1) is 11.8 Å². The fourth-order valence-corrected chi connectivity index (χ4v) is 3.56. The number of nitrogens with zero attached hydrogens (tertiary/aromatic N) is 1. The number of hydrogen-bond donors (Lipinski definition) is 0. The van der Waals surface area contributed by atoms with Gasteiger partial charge in [0.05, 0.1) is 4.91 Å². The molecule has 0 spiro atoms. The average molecular weight is 355 g/mol. The van der Waals surface area contributed by atoms with E-state index >= 15 is 0 Å². The largest absolute Gasteiger partial charge is 0.489 e. The van der Waals surface area contributed by atoms with Crippen LogP contribution in [0.4, 0.5) is 0 Å². The summed E-state index contributed by atoms with van der Waals surface area (Å²) in [7, 11) is 0. The zero-order chi connectivity index (χ0) is 16.9. The highest BCUT2D eigenvalue weighted by atomic mass is 32.2. The third kappa shape index (κ3) is 4.30. The van der Waals surface area contributed by atoms with Crippen LogP contribution < -0.4 is 4.74 Å². The number of hydrogen-bond acceptors (Lipinski definition) is 4. The molecular formula is C19H17NO2S2. The van der Waals surface area contributed by atoms with Crippen LogP contribution in [0.15, 0.2) is 58.4 Å². The van der Waals surface area contributed by atoms with Gasteiger partial charge in [-0.2, -0.15) is 4.99 Å². The predicted octanol–water partition coefficient (Wildman–Crippen LogP) is 4.91. The maximum Gasteiger partial charge on any atom is 0.285 e. The third-order valence-electron chi connectivity index (χ3n) is 3.48. The highest BCUT2D eigenvalue weighted by molar-refractivity contribution is 8.40. The van der Waals surface area contributed by atoms with Crippen molar-refractivity contribution in [1.82, 2.24) is 0 Å². The van der Waals surface area contributed by atoms with Crippen molar-refractivity contribution in [2.45, 2.75) is 13.5 Å². The van der Waals surface area contributed by atoms with Gasteiger partial charge in [-0.05, 0) is 42.5 Å². The summed E-state index contributed by atoms with van der Waals surface area (Å²) in [5.41, 5.74) is 3.29. The standard InChI is InChI=1S/C19H17NO2S2/c1-13-3-9-16(10-4-13)22-12-15-7-5-14(6-8-15)11-17-18(21)20-19(23-2)24-17/h3-11H,12H2,1-2H3. The second kappa shape index (κ2) is 7.73. The van der Waals surface area contributed by atoms with Crippen molar-refractivity contribution in [3.8, 4) is 5.75 Å². The SMILES string of the molecule is CSC1=NC(=O)C(=Cc2ccc(COc3ccc(C)cc3)cc2)S1. The van der Waals surface area contributed by atoms with Crippen LogP contribution in [0.5, 0.6) is 5.75 Å².